The lowest BCUT2D eigenvalue weighted by Gasteiger charge is -2.15. The van der Waals surface area contributed by atoms with Crippen molar-refractivity contribution < 1.29 is 14.6 Å². The van der Waals surface area contributed by atoms with Gasteiger partial charge in [0.25, 0.3) is 0 Å². The highest BCUT2D eigenvalue weighted by Crippen LogP contribution is 2.38. The number of carboxylic acids is 1. The van der Waals surface area contributed by atoms with Gasteiger partial charge in [-0.15, -0.1) is 11.3 Å². The van der Waals surface area contributed by atoms with Crippen LogP contribution in [-0.2, 0) is 0 Å². The number of nitrogens with one attached hydrogen (secondary N) is 1. The molecule has 2 N–H and O–H groups in total. The van der Waals surface area contributed by atoms with Gasteiger partial charge in [-0.3, -0.25) is 0 Å². The molecule has 0 amide bonds. The van der Waals surface area contributed by atoms with Crippen molar-refractivity contribution in [3.63, 3.8) is 0 Å². The van der Waals surface area contributed by atoms with E-state index >= 15 is 0 Å². The maximum Gasteiger partial charge on any atom is 0.347 e. The molecule has 2 rings (SSSR count). The molecule has 0 aliphatic heterocycles. The number of carbonyl (C=O) groups is 1. The summed E-state index contributed by atoms with van der Waals surface area (Å²) in [5, 5.41) is 13.5. The molecule has 1 aromatic carbocycles. The molecule has 0 aliphatic carbocycles. The summed E-state index contributed by atoms with van der Waals surface area (Å²) in [5.41, 5.74) is 1.85. The zero-order valence-electron chi connectivity index (χ0n) is 15.9. The number of ether oxygens (including phenoxy) is 1. The number of nitrogens with zero attached hydrogens (tertiary/aromatic N) is 1. The Morgan fingerprint density at radius 3 is 2.58 bits per heavy atom. The monoisotopic (exact) mass is 394 g/mol. The van der Waals surface area contributed by atoms with Crippen molar-refractivity contribution in [2.45, 2.75) is 13.8 Å². The Hall–Kier alpha value is -1.75. The van der Waals surface area contributed by atoms with Gasteiger partial charge in [-0.25, -0.2) is 9.78 Å². The van der Waals surface area contributed by atoms with E-state index in [1.54, 1.807) is 0 Å². The maximum atomic E-state index is 11.0. The van der Waals surface area contributed by atoms with Crippen molar-refractivity contribution >= 4 is 31.2 Å². The minimum atomic E-state index is -0.953. The molecule has 0 bridgehead atoms. The second-order valence-corrected chi connectivity index (χ2v) is 8.11. The first-order chi connectivity index (χ1) is 12.3. The van der Waals surface area contributed by atoms with Crippen LogP contribution in [0.2, 0.25) is 0 Å². The number of carboxylic acid groups (broad SMARTS) is 1. The fourth-order valence-electron chi connectivity index (χ4n) is 1.92. The van der Waals surface area contributed by atoms with Gasteiger partial charge in [0.15, 0.2) is 0 Å². The van der Waals surface area contributed by atoms with Crippen LogP contribution >= 0.6 is 19.9 Å². The molecule has 0 saturated carbocycles. The van der Waals surface area contributed by atoms with E-state index in [1.165, 1.54) is 17.5 Å². The van der Waals surface area contributed by atoms with Crippen LogP contribution in [0.25, 0.3) is 15.9 Å². The van der Waals surface area contributed by atoms with Gasteiger partial charge in [0.05, 0.1) is 12.8 Å². The molecule has 0 saturated heterocycles. The second kappa shape index (κ2) is 11.1. The average molecular weight is 394 g/mol. The molecule has 1 heterocycles. The third kappa shape index (κ3) is 6.52. The molecule has 1 atom stereocenters. The van der Waals surface area contributed by atoms with Crippen LogP contribution in [0.1, 0.15) is 29.1 Å². The largest absolute Gasteiger partial charge is 0.493 e. The smallest absolute Gasteiger partial charge is 0.347 e. The van der Waals surface area contributed by atoms with Crippen molar-refractivity contribution in [3.05, 3.63) is 41.4 Å². The van der Waals surface area contributed by atoms with Crippen LogP contribution < -0.4 is 10.1 Å². The Morgan fingerprint density at radius 2 is 2.08 bits per heavy atom. The molecule has 5 nitrogen and oxygen atoms in total. The molecule has 142 valence electrons. The highest BCUT2D eigenvalue weighted by atomic mass is 32.1. The van der Waals surface area contributed by atoms with Gasteiger partial charge in [0, 0.05) is 11.1 Å². The summed E-state index contributed by atoms with van der Waals surface area (Å²) in [6, 6.07) is 5.81. The highest BCUT2D eigenvalue weighted by molar-refractivity contribution is 7.49. The van der Waals surface area contributed by atoms with Crippen LogP contribution in [0.3, 0.4) is 0 Å². The Morgan fingerprint density at radius 1 is 1.42 bits per heavy atom. The molecule has 1 aromatic heterocycles. The summed E-state index contributed by atoms with van der Waals surface area (Å²) < 4.78 is 5.89. The van der Waals surface area contributed by atoms with Gasteiger partial charge >= 0.3 is 5.97 Å². The SMILES string of the molecule is C=C(PC)c1cc(-c2ncc(C(=O)O)s2)ccc1OCC(C)C.CNC. The van der Waals surface area contributed by atoms with Gasteiger partial charge in [-0.05, 0) is 50.2 Å². The number of thiazole rings is 1. The van der Waals surface area contributed by atoms with E-state index in [9.17, 15) is 4.79 Å². The number of aromatic carboxylic acids is 1. The molecule has 0 radical (unpaired) electrons. The lowest BCUT2D eigenvalue weighted by Crippen LogP contribution is -2.05. The second-order valence-electron chi connectivity index (χ2n) is 5.98. The fourth-order valence-corrected chi connectivity index (χ4v) is 3.14. The van der Waals surface area contributed by atoms with E-state index in [0.29, 0.717) is 26.1 Å². The standard InChI is InChI=1S/C17H20NO3PS.C2H7N/c1-10(2)9-21-14-6-5-12(7-13(14)11(3)22-4)16-18-8-15(23-16)17(19)20;1-3-2/h5-8,10,22H,3,9H2,1-2,4H3,(H,19,20);3H,1-2H3. The number of hydrogen-bond acceptors (Lipinski definition) is 5. The third-order valence-corrected chi connectivity index (χ3v) is 5.05. The van der Waals surface area contributed by atoms with Crippen LogP contribution in [0.4, 0.5) is 0 Å². The Labute approximate surface area is 161 Å². The van der Waals surface area contributed by atoms with Crippen LogP contribution in [0.5, 0.6) is 5.75 Å². The van der Waals surface area contributed by atoms with E-state index in [1.807, 2.05) is 32.3 Å². The number of hydrogen-bond donors (Lipinski definition) is 2. The molecule has 7 heteroatoms. The summed E-state index contributed by atoms with van der Waals surface area (Å²) in [6.07, 6.45) is 1.39. The fraction of sp³-hybridized carbons (Fsp3) is 0.368. The summed E-state index contributed by atoms with van der Waals surface area (Å²) in [7, 11) is 4.32. The molecular weight excluding hydrogens is 367 g/mol. The summed E-state index contributed by atoms with van der Waals surface area (Å²) >= 11 is 1.17. The van der Waals surface area contributed by atoms with Crippen molar-refractivity contribution in [3.8, 4) is 16.3 Å². The topological polar surface area (TPSA) is 71.5 Å². The molecule has 0 fully saturated rings. The zero-order valence-corrected chi connectivity index (χ0v) is 17.7. The van der Waals surface area contributed by atoms with Gasteiger partial charge < -0.3 is 15.2 Å². The van der Waals surface area contributed by atoms with Gasteiger partial charge in [0.2, 0.25) is 0 Å². The first-order valence-electron chi connectivity index (χ1n) is 8.25. The van der Waals surface area contributed by atoms with Gasteiger partial charge in [0.1, 0.15) is 15.6 Å². The number of benzene rings is 1. The summed E-state index contributed by atoms with van der Waals surface area (Å²) in [4.78, 5) is 15.4. The molecule has 26 heavy (non-hydrogen) atoms. The average Bonchev–Trinajstić information content (AvgIpc) is 3.10. The van der Waals surface area contributed by atoms with Gasteiger partial charge in [-0.1, -0.05) is 29.0 Å². The number of aromatic nitrogens is 1. The van der Waals surface area contributed by atoms with Crippen molar-refractivity contribution in [1.29, 1.82) is 0 Å². The highest BCUT2D eigenvalue weighted by Gasteiger charge is 2.14. The third-order valence-electron chi connectivity index (χ3n) is 3.14. The van der Waals surface area contributed by atoms with E-state index < -0.39 is 5.97 Å². The minimum Gasteiger partial charge on any atom is -0.493 e. The Balaban J connectivity index is 0.00000105. The zero-order chi connectivity index (χ0) is 19.7. The van der Waals surface area contributed by atoms with E-state index in [0.717, 1.165) is 22.2 Å². The van der Waals surface area contributed by atoms with E-state index in [2.05, 4.69) is 37.4 Å². The molecule has 0 aliphatic rings. The normalized spacial score (nSPS) is 10.7. The lowest BCUT2D eigenvalue weighted by molar-refractivity contribution is 0.0702. The summed E-state index contributed by atoms with van der Waals surface area (Å²) in [5.74, 6) is 0.305. The van der Waals surface area contributed by atoms with Crippen LogP contribution in [0, 0.1) is 5.92 Å². The molecule has 1 unspecified atom stereocenters. The molecule has 0 spiro atoms. The molecular formula is C19H27N2O3PS. The van der Waals surface area contributed by atoms with E-state index in [-0.39, 0.29) is 4.88 Å². The van der Waals surface area contributed by atoms with Gasteiger partial charge in [-0.2, -0.15) is 0 Å². The minimum absolute atomic E-state index is 0.234. The summed E-state index contributed by atoms with van der Waals surface area (Å²) in [6.45, 7) is 11.1. The van der Waals surface area contributed by atoms with Crippen molar-refractivity contribution in [1.82, 2.24) is 10.3 Å². The van der Waals surface area contributed by atoms with Crippen LogP contribution in [-0.4, -0.2) is 43.4 Å². The quantitative estimate of drug-likeness (QED) is 0.669. The predicted molar refractivity (Wildman–Crippen MR) is 113 cm³/mol. The predicted octanol–water partition coefficient (Wildman–Crippen LogP) is 4.66. The van der Waals surface area contributed by atoms with Crippen molar-refractivity contribution in [2.24, 2.45) is 5.92 Å². The lowest BCUT2D eigenvalue weighted by atomic mass is 10.1. The van der Waals surface area contributed by atoms with Crippen molar-refractivity contribution in [2.75, 3.05) is 27.4 Å². The number of rotatable bonds is 7. The first-order valence-corrected chi connectivity index (χ1v) is 10.6. The molecule has 2 aromatic rings. The maximum absolute atomic E-state index is 11.0. The Bertz CT molecular complexity index is 744. The van der Waals surface area contributed by atoms with Crippen LogP contribution in [0.15, 0.2) is 31.0 Å². The first kappa shape index (κ1) is 22.3. The Kier molecular flexibility index (Phi) is 9.49. The van der Waals surface area contributed by atoms with E-state index in [4.69, 9.17) is 9.84 Å².